The number of anilines is 1. The molecule has 1 aliphatic carbocycles. The summed E-state index contributed by atoms with van der Waals surface area (Å²) in [6, 6.07) is -0.273. The van der Waals surface area contributed by atoms with Gasteiger partial charge in [0.25, 0.3) is 0 Å². The molecule has 3 N–H and O–H groups in total. The van der Waals surface area contributed by atoms with Gasteiger partial charge < -0.3 is 15.7 Å². The first-order valence-corrected chi connectivity index (χ1v) is 5.68. The third-order valence-electron chi connectivity index (χ3n) is 2.61. The van der Waals surface area contributed by atoms with Gasteiger partial charge in [0, 0.05) is 12.2 Å². The molecule has 1 aliphatic rings. The van der Waals surface area contributed by atoms with E-state index in [0.29, 0.717) is 0 Å². The third kappa shape index (κ3) is 2.93. The van der Waals surface area contributed by atoms with Gasteiger partial charge in [-0.25, -0.2) is 14.8 Å². The van der Waals surface area contributed by atoms with Crippen LogP contribution in [0.2, 0.25) is 0 Å². The van der Waals surface area contributed by atoms with Crippen molar-refractivity contribution in [3.8, 4) is 0 Å². The minimum absolute atomic E-state index is 0.0522. The van der Waals surface area contributed by atoms with Gasteiger partial charge in [-0.05, 0) is 19.8 Å². The van der Waals surface area contributed by atoms with E-state index in [2.05, 4.69) is 20.6 Å². The van der Waals surface area contributed by atoms with Gasteiger partial charge in [0.1, 0.15) is 23.8 Å². The summed E-state index contributed by atoms with van der Waals surface area (Å²) in [4.78, 5) is 30.1. The second kappa shape index (κ2) is 4.99. The number of aromatic nitrogens is 2. The maximum Gasteiger partial charge on any atom is 0.341 e. The van der Waals surface area contributed by atoms with Gasteiger partial charge in [0.2, 0.25) is 5.91 Å². The number of hydrogen-bond acceptors (Lipinski definition) is 5. The molecule has 1 atom stereocenters. The summed E-state index contributed by atoms with van der Waals surface area (Å²) in [6.07, 6.45) is 4.45. The summed E-state index contributed by atoms with van der Waals surface area (Å²) >= 11 is 0. The van der Waals surface area contributed by atoms with E-state index >= 15 is 0 Å². The summed E-state index contributed by atoms with van der Waals surface area (Å²) in [6.45, 7) is 1.66. The Bertz CT molecular complexity index is 473. The van der Waals surface area contributed by atoms with Gasteiger partial charge in [0.15, 0.2) is 0 Å². The second-order valence-corrected chi connectivity index (χ2v) is 4.24. The number of nitrogens with zero attached hydrogens (tertiary/aromatic N) is 2. The lowest BCUT2D eigenvalue weighted by Gasteiger charge is -2.15. The van der Waals surface area contributed by atoms with E-state index < -0.39 is 12.0 Å². The van der Waals surface area contributed by atoms with Crippen molar-refractivity contribution >= 4 is 17.7 Å². The highest BCUT2D eigenvalue weighted by Gasteiger charge is 2.26. The number of carbonyl (C=O) groups is 2. The van der Waals surface area contributed by atoms with E-state index in [1.54, 1.807) is 6.92 Å². The first-order valence-electron chi connectivity index (χ1n) is 5.68. The predicted molar refractivity (Wildman–Crippen MR) is 63.2 cm³/mol. The molecular formula is C11H14N4O3. The maximum absolute atomic E-state index is 11.7. The molecule has 96 valence electrons. The number of carboxylic acid groups (broad SMARTS) is 1. The highest BCUT2D eigenvalue weighted by atomic mass is 16.4. The van der Waals surface area contributed by atoms with E-state index in [-0.39, 0.29) is 23.3 Å². The zero-order valence-corrected chi connectivity index (χ0v) is 9.88. The number of rotatable bonds is 5. The summed E-state index contributed by atoms with van der Waals surface area (Å²) in [5.41, 5.74) is -0.0522. The van der Waals surface area contributed by atoms with Crippen LogP contribution >= 0.6 is 0 Å². The van der Waals surface area contributed by atoms with Crippen LogP contribution in [0.1, 0.15) is 30.1 Å². The van der Waals surface area contributed by atoms with E-state index in [9.17, 15) is 9.59 Å². The van der Waals surface area contributed by atoms with Crippen LogP contribution in [0.25, 0.3) is 0 Å². The Balaban J connectivity index is 2.03. The molecule has 0 aromatic carbocycles. The van der Waals surface area contributed by atoms with Crippen LogP contribution in [-0.4, -0.2) is 39.0 Å². The highest BCUT2D eigenvalue weighted by molar-refractivity contribution is 5.94. The van der Waals surface area contributed by atoms with Crippen LogP contribution in [-0.2, 0) is 4.79 Å². The molecule has 1 aromatic rings. The average Bonchev–Trinajstić information content (AvgIpc) is 3.13. The first kappa shape index (κ1) is 12.3. The van der Waals surface area contributed by atoms with Crippen LogP contribution in [0.5, 0.6) is 0 Å². The molecular weight excluding hydrogens is 236 g/mol. The van der Waals surface area contributed by atoms with Gasteiger partial charge in [-0.3, -0.25) is 4.79 Å². The molecule has 0 aliphatic heterocycles. The molecule has 1 saturated carbocycles. The second-order valence-electron chi connectivity index (χ2n) is 4.24. The molecule has 0 bridgehead atoms. The van der Waals surface area contributed by atoms with Gasteiger partial charge in [-0.2, -0.15) is 0 Å². The van der Waals surface area contributed by atoms with Crippen LogP contribution < -0.4 is 10.6 Å². The number of amides is 1. The van der Waals surface area contributed by atoms with Crippen molar-refractivity contribution < 1.29 is 14.7 Å². The van der Waals surface area contributed by atoms with E-state index in [1.165, 1.54) is 12.5 Å². The Hall–Kier alpha value is -2.18. The molecule has 1 fully saturated rings. The largest absolute Gasteiger partial charge is 0.477 e. The van der Waals surface area contributed by atoms with Crippen molar-refractivity contribution in [2.45, 2.75) is 31.8 Å². The lowest BCUT2D eigenvalue weighted by Crippen LogP contribution is -2.39. The Kier molecular flexibility index (Phi) is 3.40. The van der Waals surface area contributed by atoms with Gasteiger partial charge in [0.05, 0.1) is 0 Å². The molecule has 0 spiro atoms. The first-order chi connectivity index (χ1) is 8.58. The molecule has 0 saturated heterocycles. The summed E-state index contributed by atoms with van der Waals surface area (Å²) in [7, 11) is 0. The van der Waals surface area contributed by atoms with E-state index in [1.807, 2.05) is 0 Å². The van der Waals surface area contributed by atoms with Gasteiger partial charge in [-0.15, -0.1) is 0 Å². The quantitative estimate of drug-likeness (QED) is 0.692. The molecule has 1 unspecified atom stereocenters. The van der Waals surface area contributed by atoms with Crippen molar-refractivity contribution in [1.82, 2.24) is 15.3 Å². The molecule has 1 heterocycles. The Morgan fingerprint density at radius 3 is 2.83 bits per heavy atom. The SMILES string of the molecule is CC(Nc1ncncc1C(=O)O)C(=O)NC1CC1. The molecule has 7 nitrogen and oxygen atoms in total. The molecule has 0 radical (unpaired) electrons. The summed E-state index contributed by atoms with van der Waals surface area (Å²) in [5.74, 6) is -1.14. The average molecular weight is 250 g/mol. The fraction of sp³-hybridized carbons (Fsp3) is 0.455. The molecule has 1 aromatic heterocycles. The molecule has 2 rings (SSSR count). The zero-order chi connectivity index (χ0) is 13.1. The highest BCUT2D eigenvalue weighted by Crippen LogP contribution is 2.19. The fourth-order valence-electron chi connectivity index (χ4n) is 1.43. The third-order valence-corrected chi connectivity index (χ3v) is 2.61. The number of aromatic carboxylic acids is 1. The Labute approximate surface area is 104 Å². The zero-order valence-electron chi connectivity index (χ0n) is 9.88. The van der Waals surface area contributed by atoms with E-state index in [0.717, 1.165) is 12.8 Å². The van der Waals surface area contributed by atoms with Crippen molar-refractivity contribution in [2.24, 2.45) is 0 Å². The number of carboxylic acids is 1. The van der Waals surface area contributed by atoms with Crippen molar-refractivity contribution in [3.05, 3.63) is 18.1 Å². The molecule has 18 heavy (non-hydrogen) atoms. The topological polar surface area (TPSA) is 104 Å². The van der Waals surface area contributed by atoms with Crippen molar-refractivity contribution in [2.75, 3.05) is 5.32 Å². The van der Waals surface area contributed by atoms with Crippen molar-refractivity contribution in [3.63, 3.8) is 0 Å². The lowest BCUT2D eigenvalue weighted by atomic mass is 10.2. The summed E-state index contributed by atoms with van der Waals surface area (Å²) in [5, 5.41) is 14.6. The fourth-order valence-corrected chi connectivity index (χ4v) is 1.43. The van der Waals surface area contributed by atoms with Crippen LogP contribution in [0.3, 0.4) is 0 Å². The van der Waals surface area contributed by atoms with Crippen LogP contribution in [0, 0.1) is 0 Å². The minimum Gasteiger partial charge on any atom is -0.477 e. The standard InChI is InChI=1S/C11H14N4O3/c1-6(10(16)15-7-2-3-7)14-9-8(11(17)18)4-12-5-13-9/h4-7H,2-3H2,1H3,(H,15,16)(H,17,18)(H,12,13,14). The maximum atomic E-state index is 11.7. The summed E-state index contributed by atoms with van der Waals surface area (Å²) < 4.78 is 0. The number of nitrogens with one attached hydrogen (secondary N) is 2. The number of hydrogen-bond donors (Lipinski definition) is 3. The van der Waals surface area contributed by atoms with E-state index in [4.69, 9.17) is 5.11 Å². The van der Waals surface area contributed by atoms with Crippen LogP contribution in [0.15, 0.2) is 12.5 Å². The monoisotopic (exact) mass is 250 g/mol. The lowest BCUT2D eigenvalue weighted by molar-refractivity contribution is -0.121. The Morgan fingerprint density at radius 1 is 1.50 bits per heavy atom. The smallest absolute Gasteiger partial charge is 0.341 e. The Morgan fingerprint density at radius 2 is 2.22 bits per heavy atom. The van der Waals surface area contributed by atoms with Gasteiger partial charge in [-0.1, -0.05) is 0 Å². The van der Waals surface area contributed by atoms with Crippen LogP contribution in [0.4, 0.5) is 5.82 Å². The normalized spacial score (nSPS) is 15.8. The molecule has 7 heteroatoms. The predicted octanol–water partition coefficient (Wildman–Crippen LogP) is 0.254. The number of carbonyl (C=O) groups excluding carboxylic acids is 1. The molecule has 1 amide bonds. The van der Waals surface area contributed by atoms with Crippen molar-refractivity contribution in [1.29, 1.82) is 0 Å². The van der Waals surface area contributed by atoms with Gasteiger partial charge >= 0.3 is 5.97 Å². The minimum atomic E-state index is -1.13.